The molecule has 0 bridgehead atoms. The molecule has 3 atom stereocenters. The van der Waals surface area contributed by atoms with Crippen LogP contribution in [0.15, 0.2) is 79.2 Å². The molecule has 2 aliphatic rings. The van der Waals surface area contributed by atoms with E-state index in [0.717, 1.165) is 37.2 Å². The number of nitrogens with one attached hydrogen (secondary N) is 1. The summed E-state index contributed by atoms with van der Waals surface area (Å²) in [6.07, 6.45) is 9.75. The lowest BCUT2D eigenvalue weighted by Gasteiger charge is -2.46. The van der Waals surface area contributed by atoms with E-state index < -0.39 is 28.6 Å². The van der Waals surface area contributed by atoms with Crippen LogP contribution in [0.1, 0.15) is 42.5 Å². The molecule has 1 saturated heterocycles. The molecule has 2 aromatic carbocycles. The summed E-state index contributed by atoms with van der Waals surface area (Å²) in [4.78, 5) is 19.6. The Balaban J connectivity index is 1.41. The van der Waals surface area contributed by atoms with Crippen molar-refractivity contribution in [2.45, 2.75) is 55.5 Å². The van der Waals surface area contributed by atoms with Crippen molar-refractivity contribution in [1.29, 1.82) is 5.26 Å². The van der Waals surface area contributed by atoms with E-state index in [1.807, 2.05) is 55.5 Å². The fraction of sp³-hybridized carbons (Fsp3) is 0.425. The van der Waals surface area contributed by atoms with Crippen LogP contribution in [0, 0.1) is 11.3 Å². The molecular weight excluding hydrogens is 717 g/mol. The van der Waals surface area contributed by atoms with Crippen molar-refractivity contribution < 1.29 is 29.2 Å². The lowest BCUT2D eigenvalue weighted by atomic mass is 9.76. The molecule has 282 valence electrons. The first-order valence-corrected chi connectivity index (χ1v) is 18.2. The Hall–Kier alpha value is -3.99. The number of benzene rings is 2. The molecule has 0 radical (unpaired) electrons. The van der Waals surface area contributed by atoms with Gasteiger partial charge in [-0.3, -0.25) is 15.1 Å². The van der Waals surface area contributed by atoms with Crippen molar-refractivity contribution in [3.8, 4) is 17.6 Å². The second-order valence-electron chi connectivity index (χ2n) is 14.1. The number of likely N-dealkylation sites (N-methyl/N-ethyl adjacent to an activating group) is 1. The van der Waals surface area contributed by atoms with Gasteiger partial charge in [-0.1, -0.05) is 54.1 Å². The summed E-state index contributed by atoms with van der Waals surface area (Å²) >= 11 is 14.4. The first-order valence-electron chi connectivity index (χ1n) is 17.5. The van der Waals surface area contributed by atoms with Gasteiger partial charge in [-0.05, 0) is 63.7 Å². The van der Waals surface area contributed by atoms with E-state index in [2.05, 4.69) is 40.3 Å². The van der Waals surface area contributed by atoms with Gasteiger partial charge in [0.1, 0.15) is 46.8 Å². The quantitative estimate of drug-likeness (QED) is 0.111. The van der Waals surface area contributed by atoms with Crippen molar-refractivity contribution in [2.75, 3.05) is 53.6 Å². The van der Waals surface area contributed by atoms with Gasteiger partial charge in [0.15, 0.2) is 0 Å². The van der Waals surface area contributed by atoms with Crippen LogP contribution in [0.25, 0.3) is 5.57 Å². The van der Waals surface area contributed by atoms with E-state index >= 15 is 0 Å². The van der Waals surface area contributed by atoms with Gasteiger partial charge in [0.05, 0.1) is 17.2 Å². The van der Waals surface area contributed by atoms with E-state index in [9.17, 15) is 20.3 Å². The molecule has 5 rings (SSSR count). The van der Waals surface area contributed by atoms with Crippen LogP contribution < -0.4 is 14.8 Å². The Morgan fingerprint density at radius 3 is 2.60 bits per heavy atom. The second-order valence-corrected chi connectivity index (χ2v) is 15.3. The molecule has 3 N–H and O–H groups in total. The number of rotatable bonds is 18. The fourth-order valence-electron chi connectivity index (χ4n) is 6.25. The number of carboxylic acid groups (broad SMARTS) is 1. The van der Waals surface area contributed by atoms with Gasteiger partial charge in [0.2, 0.25) is 0 Å². The minimum atomic E-state index is -1.61. The van der Waals surface area contributed by atoms with Crippen molar-refractivity contribution in [2.24, 2.45) is 0 Å². The Bertz CT molecular complexity index is 1840. The lowest BCUT2D eigenvalue weighted by molar-refractivity contribution is -0.145. The monoisotopic (exact) mass is 763 g/mol. The molecular formula is C40H47Cl2N5O6. The maximum absolute atomic E-state index is 11.9. The van der Waals surface area contributed by atoms with E-state index in [0.29, 0.717) is 40.8 Å². The molecule has 0 saturated carbocycles. The summed E-state index contributed by atoms with van der Waals surface area (Å²) in [5, 5.41) is 32.0. The zero-order chi connectivity index (χ0) is 38.2. The first kappa shape index (κ1) is 40.2. The van der Waals surface area contributed by atoms with Gasteiger partial charge in [-0.25, -0.2) is 0 Å². The maximum atomic E-state index is 11.9. The van der Waals surface area contributed by atoms with Crippen LogP contribution in [-0.2, 0) is 22.7 Å². The summed E-state index contributed by atoms with van der Waals surface area (Å²) in [7, 11) is 4.21. The highest BCUT2D eigenvalue weighted by Gasteiger charge is 2.51. The SMILES string of the molecule is CN(C)C1CN(CCCOC2(COc3cc(OCc4cncc(C#N)c4)c(CNC(C)(CO)C(=O)O)cc3Cl)C=CC=C(c3ccccc3)C2(C)Cl)C1. The van der Waals surface area contributed by atoms with Gasteiger partial charge in [0.25, 0.3) is 0 Å². The number of nitrogens with zero attached hydrogens (tertiary/aromatic N) is 4. The second kappa shape index (κ2) is 17.4. The van der Waals surface area contributed by atoms with E-state index in [-0.39, 0.29) is 24.8 Å². The number of aromatic nitrogens is 1. The number of likely N-dealkylation sites (tertiary alicyclic amines) is 1. The zero-order valence-corrected chi connectivity index (χ0v) is 32.0. The fourth-order valence-corrected chi connectivity index (χ4v) is 6.84. The average Bonchev–Trinajstić information content (AvgIpc) is 3.12. The lowest BCUT2D eigenvalue weighted by Crippen LogP contribution is -2.57. The van der Waals surface area contributed by atoms with Crippen LogP contribution in [0.4, 0.5) is 0 Å². The molecule has 1 aliphatic heterocycles. The molecule has 53 heavy (non-hydrogen) atoms. The van der Waals surface area contributed by atoms with Gasteiger partial charge in [-0.2, -0.15) is 5.26 Å². The number of aliphatic carboxylic acids is 1. The van der Waals surface area contributed by atoms with Crippen LogP contribution in [0.5, 0.6) is 11.5 Å². The predicted molar refractivity (Wildman–Crippen MR) is 205 cm³/mol. The summed E-state index contributed by atoms with van der Waals surface area (Å²) in [6.45, 7) is 6.14. The summed E-state index contributed by atoms with van der Waals surface area (Å²) in [6, 6.07) is 17.5. The Morgan fingerprint density at radius 2 is 1.92 bits per heavy atom. The number of alkyl halides is 1. The largest absolute Gasteiger partial charge is 0.488 e. The highest BCUT2D eigenvalue weighted by Crippen LogP contribution is 2.48. The molecule has 0 spiro atoms. The Kier molecular flexibility index (Phi) is 13.2. The van der Waals surface area contributed by atoms with Gasteiger partial charge in [-0.15, -0.1) is 11.6 Å². The molecule has 1 aliphatic carbocycles. The minimum absolute atomic E-state index is 0.00224. The highest BCUT2D eigenvalue weighted by molar-refractivity contribution is 6.32. The van der Waals surface area contributed by atoms with Gasteiger partial charge < -0.3 is 34.2 Å². The molecule has 0 amide bonds. The number of carbonyl (C=O) groups is 1. The van der Waals surface area contributed by atoms with Crippen LogP contribution in [-0.4, -0.2) is 107 Å². The van der Waals surface area contributed by atoms with Crippen molar-refractivity contribution in [3.63, 3.8) is 0 Å². The van der Waals surface area contributed by atoms with E-state index in [1.165, 1.54) is 13.1 Å². The van der Waals surface area contributed by atoms with E-state index in [4.69, 9.17) is 37.4 Å². The third-order valence-electron chi connectivity index (χ3n) is 9.99. The minimum Gasteiger partial charge on any atom is -0.488 e. The third kappa shape index (κ3) is 9.39. The maximum Gasteiger partial charge on any atom is 0.326 e. The molecule has 13 heteroatoms. The normalized spacial score (nSPS) is 21.4. The van der Waals surface area contributed by atoms with Crippen LogP contribution in [0.3, 0.4) is 0 Å². The average molecular weight is 765 g/mol. The molecule has 1 aromatic heterocycles. The number of carboxylic acids is 1. The molecule has 3 unspecified atom stereocenters. The Morgan fingerprint density at radius 1 is 1.17 bits per heavy atom. The predicted octanol–water partition coefficient (Wildman–Crippen LogP) is 5.53. The number of hydrogen-bond donors (Lipinski definition) is 3. The molecule has 11 nitrogen and oxygen atoms in total. The number of aliphatic hydroxyl groups excluding tert-OH is 1. The zero-order valence-electron chi connectivity index (χ0n) is 30.5. The Labute approximate surface area is 321 Å². The number of ether oxygens (including phenoxy) is 3. The molecule has 1 fully saturated rings. The number of halogens is 2. The highest BCUT2D eigenvalue weighted by atomic mass is 35.5. The van der Waals surface area contributed by atoms with E-state index in [1.54, 1.807) is 24.4 Å². The molecule has 3 aromatic rings. The van der Waals surface area contributed by atoms with Crippen molar-refractivity contribution >= 4 is 34.7 Å². The molecule has 2 heterocycles. The van der Waals surface area contributed by atoms with Gasteiger partial charge in [0, 0.05) is 68.4 Å². The summed E-state index contributed by atoms with van der Waals surface area (Å²) in [5.41, 5.74) is 0.698. The van der Waals surface area contributed by atoms with Crippen molar-refractivity contribution in [3.05, 3.63) is 106 Å². The topological polar surface area (TPSA) is 140 Å². The number of aliphatic hydroxyl groups is 1. The first-order chi connectivity index (χ1) is 25.3. The summed E-state index contributed by atoms with van der Waals surface area (Å²) in [5.74, 6) is -0.565. The van der Waals surface area contributed by atoms with Crippen molar-refractivity contribution in [1.82, 2.24) is 20.1 Å². The smallest absolute Gasteiger partial charge is 0.326 e. The van der Waals surface area contributed by atoms with Gasteiger partial charge >= 0.3 is 5.97 Å². The number of allylic oxidation sites excluding steroid dienone is 2. The standard InChI is InChI=1S/C40H47Cl2N5O6/c1-38(26-48,37(49)50)45-22-31-17-34(41)36(18-35(31)51-25-29-16-28(19-43)20-44-21-29)52-27-40(53-15-9-14-47-23-32(24-47)46(3)4)13-8-12-33(39(40,2)42)30-10-6-5-7-11-30/h5-8,10-13,16-18,20-21,32,45,48H,9,14-15,22-27H2,1-4H3,(H,49,50). The van der Waals surface area contributed by atoms with Crippen LogP contribution >= 0.6 is 23.2 Å². The number of pyridine rings is 1. The van der Waals surface area contributed by atoms with Crippen LogP contribution in [0.2, 0.25) is 5.02 Å². The third-order valence-corrected chi connectivity index (χ3v) is 10.8. The summed E-state index contributed by atoms with van der Waals surface area (Å²) < 4.78 is 19.5. The number of hydrogen-bond acceptors (Lipinski definition) is 10. The number of nitriles is 1.